The maximum absolute atomic E-state index is 12.0. The van der Waals surface area contributed by atoms with Gasteiger partial charge in [0.05, 0.1) is 17.5 Å². The van der Waals surface area contributed by atoms with Crippen LogP contribution >= 0.6 is 0 Å². The molecule has 0 atom stereocenters. The summed E-state index contributed by atoms with van der Waals surface area (Å²) in [4.78, 5) is 29.6. The summed E-state index contributed by atoms with van der Waals surface area (Å²) in [6.45, 7) is 3.73. The first-order chi connectivity index (χ1) is 12.5. The zero-order chi connectivity index (χ0) is 18.4. The van der Waals surface area contributed by atoms with Gasteiger partial charge in [-0.25, -0.2) is 14.2 Å². The van der Waals surface area contributed by atoms with Gasteiger partial charge in [-0.15, -0.1) is 0 Å². The molecule has 6 nitrogen and oxygen atoms in total. The van der Waals surface area contributed by atoms with Gasteiger partial charge in [0.25, 0.3) is 11.2 Å². The number of aromatic amines is 2. The summed E-state index contributed by atoms with van der Waals surface area (Å²) in [6.07, 6.45) is 5.86. The molecule has 0 aliphatic rings. The van der Waals surface area contributed by atoms with Crippen molar-refractivity contribution in [2.24, 2.45) is 7.05 Å². The summed E-state index contributed by atoms with van der Waals surface area (Å²) in [5.74, 6) is 0. The molecule has 3 aromatic heterocycles. The van der Waals surface area contributed by atoms with Crippen LogP contribution in [0.5, 0.6) is 0 Å². The van der Waals surface area contributed by atoms with E-state index < -0.39 is 5.69 Å². The van der Waals surface area contributed by atoms with Gasteiger partial charge in [0.15, 0.2) is 0 Å². The van der Waals surface area contributed by atoms with Crippen LogP contribution in [0.4, 0.5) is 0 Å². The molecule has 0 amide bonds. The van der Waals surface area contributed by atoms with Gasteiger partial charge in [0.1, 0.15) is 12.4 Å². The molecule has 0 saturated carbocycles. The highest BCUT2D eigenvalue weighted by Gasteiger charge is 2.16. The number of pyridine rings is 1. The topological polar surface area (TPSA) is 74.8 Å². The lowest BCUT2D eigenvalue weighted by Crippen LogP contribution is -2.31. The van der Waals surface area contributed by atoms with Crippen molar-refractivity contribution in [1.29, 1.82) is 0 Å². The van der Waals surface area contributed by atoms with E-state index in [9.17, 15) is 9.59 Å². The van der Waals surface area contributed by atoms with E-state index in [0.717, 1.165) is 27.9 Å². The fraction of sp³-hybridized carbons (Fsp3) is 0.150. The second-order valence-corrected chi connectivity index (χ2v) is 6.46. The van der Waals surface area contributed by atoms with E-state index in [1.54, 1.807) is 14.0 Å². The SMILES string of the molecule is Cc1cc(-c2ccc[n+]3cc[nH]c23)ccc1-c1c(C)c(=O)[nH]c(=O)n1C. The van der Waals surface area contributed by atoms with Crippen molar-refractivity contribution in [2.45, 2.75) is 13.8 Å². The number of aryl methyl sites for hydroxylation is 1. The van der Waals surface area contributed by atoms with Crippen LogP contribution in [0.15, 0.2) is 58.5 Å². The highest BCUT2D eigenvalue weighted by atomic mass is 16.2. The lowest BCUT2D eigenvalue weighted by Gasteiger charge is -2.14. The molecule has 0 aliphatic heterocycles. The van der Waals surface area contributed by atoms with Crippen LogP contribution in [0, 0.1) is 13.8 Å². The van der Waals surface area contributed by atoms with Gasteiger partial charge in [0.2, 0.25) is 0 Å². The van der Waals surface area contributed by atoms with E-state index in [4.69, 9.17) is 0 Å². The lowest BCUT2D eigenvalue weighted by atomic mass is 9.97. The van der Waals surface area contributed by atoms with E-state index >= 15 is 0 Å². The molecule has 3 heterocycles. The number of benzene rings is 1. The maximum Gasteiger partial charge on any atom is 0.328 e. The number of fused-ring (bicyclic) bond motifs is 1. The molecule has 130 valence electrons. The van der Waals surface area contributed by atoms with E-state index in [1.807, 2.05) is 48.1 Å². The van der Waals surface area contributed by atoms with Crippen molar-refractivity contribution >= 4 is 5.65 Å². The third-order valence-electron chi connectivity index (χ3n) is 4.83. The molecule has 2 N–H and O–H groups in total. The van der Waals surface area contributed by atoms with Crippen LogP contribution in [-0.2, 0) is 7.05 Å². The predicted octanol–water partition coefficient (Wildman–Crippen LogP) is 2.09. The minimum Gasteiger partial charge on any atom is -0.296 e. The lowest BCUT2D eigenvalue weighted by molar-refractivity contribution is -0.509. The Labute approximate surface area is 149 Å². The summed E-state index contributed by atoms with van der Waals surface area (Å²) >= 11 is 0. The Hall–Kier alpha value is -3.41. The molecule has 6 heteroatoms. The van der Waals surface area contributed by atoms with Gasteiger partial charge in [-0.2, -0.15) is 0 Å². The largest absolute Gasteiger partial charge is 0.328 e. The monoisotopic (exact) mass is 347 g/mol. The smallest absolute Gasteiger partial charge is 0.296 e. The Balaban J connectivity index is 1.93. The molecular formula is C20H19N4O2+. The first-order valence-corrected chi connectivity index (χ1v) is 8.36. The first kappa shape index (κ1) is 16.1. The van der Waals surface area contributed by atoms with Crippen molar-refractivity contribution in [2.75, 3.05) is 0 Å². The Bertz CT molecular complexity index is 1230. The molecule has 1 aromatic carbocycles. The fourth-order valence-electron chi connectivity index (χ4n) is 3.45. The minimum atomic E-state index is -0.411. The Kier molecular flexibility index (Phi) is 3.61. The minimum absolute atomic E-state index is 0.348. The van der Waals surface area contributed by atoms with Crippen molar-refractivity contribution in [1.82, 2.24) is 14.5 Å². The highest BCUT2D eigenvalue weighted by Crippen LogP contribution is 2.29. The van der Waals surface area contributed by atoms with Crippen LogP contribution in [0.3, 0.4) is 0 Å². The molecule has 0 bridgehead atoms. The third-order valence-corrected chi connectivity index (χ3v) is 4.83. The van der Waals surface area contributed by atoms with Crippen LogP contribution in [0.25, 0.3) is 28.0 Å². The normalized spacial score (nSPS) is 11.2. The first-order valence-electron chi connectivity index (χ1n) is 8.36. The number of rotatable bonds is 2. The molecule has 0 unspecified atom stereocenters. The van der Waals surface area contributed by atoms with Gasteiger partial charge in [-0.1, -0.05) is 18.2 Å². The van der Waals surface area contributed by atoms with Gasteiger partial charge in [-0.3, -0.25) is 14.3 Å². The van der Waals surface area contributed by atoms with Crippen molar-refractivity contribution < 1.29 is 4.40 Å². The van der Waals surface area contributed by atoms with Crippen LogP contribution < -0.4 is 15.6 Å². The number of imidazole rings is 1. The number of hydrogen-bond donors (Lipinski definition) is 2. The summed E-state index contributed by atoms with van der Waals surface area (Å²) in [5, 5.41) is 0. The van der Waals surface area contributed by atoms with E-state index in [-0.39, 0.29) is 5.56 Å². The maximum atomic E-state index is 12.0. The molecule has 26 heavy (non-hydrogen) atoms. The zero-order valence-electron chi connectivity index (χ0n) is 14.8. The second-order valence-electron chi connectivity index (χ2n) is 6.46. The second kappa shape index (κ2) is 5.84. The summed E-state index contributed by atoms with van der Waals surface area (Å²) in [7, 11) is 1.67. The van der Waals surface area contributed by atoms with Gasteiger partial charge in [-0.05, 0) is 37.1 Å². The van der Waals surface area contributed by atoms with Crippen LogP contribution in [0.2, 0.25) is 0 Å². The Morgan fingerprint density at radius 3 is 2.62 bits per heavy atom. The van der Waals surface area contributed by atoms with Crippen LogP contribution in [0.1, 0.15) is 11.1 Å². The molecular weight excluding hydrogens is 328 g/mol. The Morgan fingerprint density at radius 1 is 1.04 bits per heavy atom. The third kappa shape index (κ3) is 2.38. The van der Waals surface area contributed by atoms with Gasteiger partial charge < -0.3 is 0 Å². The van der Waals surface area contributed by atoms with Gasteiger partial charge in [0, 0.05) is 18.2 Å². The molecule has 4 rings (SSSR count). The van der Waals surface area contributed by atoms with E-state index in [0.29, 0.717) is 11.3 Å². The molecule has 0 aliphatic carbocycles. The zero-order valence-corrected chi connectivity index (χ0v) is 14.8. The van der Waals surface area contributed by atoms with E-state index in [1.165, 1.54) is 4.57 Å². The number of nitrogens with one attached hydrogen (secondary N) is 2. The molecule has 0 radical (unpaired) electrons. The number of hydrogen-bond acceptors (Lipinski definition) is 2. The predicted molar refractivity (Wildman–Crippen MR) is 100 cm³/mol. The summed E-state index contributed by atoms with van der Waals surface area (Å²) in [6, 6.07) is 10.1. The van der Waals surface area contributed by atoms with Crippen LogP contribution in [-0.4, -0.2) is 14.5 Å². The number of H-pyrrole nitrogens is 2. The number of aromatic nitrogens is 4. The molecule has 0 fully saturated rings. The van der Waals surface area contributed by atoms with Crippen molar-refractivity contribution in [3.05, 3.63) is 80.9 Å². The quantitative estimate of drug-likeness (QED) is 0.545. The van der Waals surface area contributed by atoms with E-state index in [2.05, 4.69) is 22.1 Å². The highest BCUT2D eigenvalue weighted by molar-refractivity contribution is 5.78. The average molecular weight is 347 g/mol. The van der Waals surface area contributed by atoms with Crippen molar-refractivity contribution in [3.8, 4) is 22.4 Å². The van der Waals surface area contributed by atoms with Gasteiger partial charge >= 0.3 is 5.69 Å². The molecule has 4 aromatic rings. The van der Waals surface area contributed by atoms with Crippen molar-refractivity contribution in [3.63, 3.8) is 0 Å². The number of nitrogens with zero attached hydrogens (tertiary/aromatic N) is 2. The standard InChI is InChI=1S/C20H18N4O2/c1-12-11-14(16-5-4-9-24-10-8-21-18(16)24)6-7-15(12)17-13(2)19(25)22-20(26)23(17)3/h4-11H,1-3H3,(H,22,25,26)/p+1. The molecule has 0 spiro atoms. The summed E-state index contributed by atoms with van der Waals surface area (Å²) in [5.41, 5.74) is 5.47. The Morgan fingerprint density at radius 2 is 1.85 bits per heavy atom. The summed E-state index contributed by atoms with van der Waals surface area (Å²) < 4.78 is 3.52. The average Bonchev–Trinajstić information content (AvgIpc) is 3.10. The molecule has 0 saturated heterocycles. The fourth-order valence-corrected chi connectivity index (χ4v) is 3.45.